The summed E-state index contributed by atoms with van der Waals surface area (Å²) in [7, 11) is 0. The molecule has 2 heterocycles. The number of benzene rings is 5. The molecule has 0 aliphatic rings. The largest absolute Gasteiger partial charge is 0.244 e. The molecule has 0 amide bonds. The van der Waals surface area contributed by atoms with Crippen molar-refractivity contribution >= 4 is 54.3 Å². The van der Waals surface area contributed by atoms with Gasteiger partial charge in [-0.05, 0) is 22.2 Å². The highest BCUT2D eigenvalue weighted by Gasteiger charge is 2.14. The lowest BCUT2D eigenvalue weighted by molar-refractivity contribution is 1.03. The van der Waals surface area contributed by atoms with Crippen LogP contribution in [-0.2, 0) is 0 Å². The minimum absolute atomic E-state index is 0.535. The van der Waals surface area contributed by atoms with Crippen molar-refractivity contribution in [3.8, 4) is 11.5 Å². The quantitative estimate of drug-likeness (QED) is 0.284. The number of hydrogen-bond acceptors (Lipinski definition) is 4. The molecule has 0 saturated carbocycles. The topological polar surface area (TPSA) is 51.6 Å². The summed E-state index contributed by atoms with van der Waals surface area (Å²) in [6.45, 7) is 0. The van der Waals surface area contributed by atoms with E-state index in [1.165, 1.54) is 10.8 Å². The smallest absolute Gasteiger partial charge is 0.201 e. The lowest BCUT2D eigenvalue weighted by Gasteiger charge is -2.10. The second-order valence-corrected chi connectivity index (χ2v) is 7.98. The first-order valence-corrected chi connectivity index (χ1v) is 10.6. The maximum Gasteiger partial charge on any atom is 0.201 e. The molecule has 0 unspecified atom stereocenters. The van der Waals surface area contributed by atoms with E-state index in [0.29, 0.717) is 5.82 Å². The summed E-state index contributed by atoms with van der Waals surface area (Å²) < 4.78 is 0. The van der Waals surface area contributed by atoms with Gasteiger partial charge < -0.3 is 0 Å². The standard InChI is InChI=1S/C28H16N4/c1-2-8-19-17(7-1)13-14-18-15-16-24(29-25(18)19)28-30-26-22-11-5-3-9-20(22)21-10-4-6-12-23(21)27(26)31-32-28/h1-16H. The van der Waals surface area contributed by atoms with Gasteiger partial charge in [0.25, 0.3) is 0 Å². The SMILES string of the molecule is c1ccc2c(c1)ccc1ccc(-c3nnc4c5ccccc5c5ccccc5c4n3)nc12. The monoisotopic (exact) mass is 408 g/mol. The Labute approximate surface area is 183 Å². The van der Waals surface area contributed by atoms with Gasteiger partial charge in [0.05, 0.1) is 5.52 Å². The lowest BCUT2D eigenvalue weighted by atomic mass is 10.00. The van der Waals surface area contributed by atoms with E-state index in [4.69, 9.17) is 9.97 Å². The number of fused-ring (bicyclic) bond motifs is 9. The van der Waals surface area contributed by atoms with E-state index in [-0.39, 0.29) is 0 Å². The van der Waals surface area contributed by atoms with Crippen molar-refractivity contribution in [2.45, 2.75) is 0 Å². The van der Waals surface area contributed by atoms with Gasteiger partial charge in [0.15, 0.2) is 0 Å². The summed E-state index contributed by atoms with van der Waals surface area (Å²) in [5, 5.41) is 17.0. The average Bonchev–Trinajstić information content (AvgIpc) is 2.88. The molecular weight excluding hydrogens is 392 g/mol. The third-order valence-corrected chi connectivity index (χ3v) is 6.16. The van der Waals surface area contributed by atoms with Crippen molar-refractivity contribution in [3.63, 3.8) is 0 Å². The second-order valence-electron chi connectivity index (χ2n) is 7.98. The van der Waals surface area contributed by atoms with Gasteiger partial charge in [0.1, 0.15) is 16.7 Å². The van der Waals surface area contributed by atoms with Gasteiger partial charge in [-0.3, -0.25) is 0 Å². The summed E-state index contributed by atoms with van der Waals surface area (Å²) in [6, 6.07) is 33.2. The zero-order valence-corrected chi connectivity index (χ0v) is 17.0. The Morgan fingerprint density at radius 1 is 0.375 bits per heavy atom. The minimum atomic E-state index is 0.535. The van der Waals surface area contributed by atoms with E-state index >= 15 is 0 Å². The van der Waals surface area contributed by atoms with E-state index in [9.17, 15) is 0 Å². The first kappa shape index (κ1) is 17.3. The summed E-state index contributed by atoms with van der Waals surface area (Å²) in [5.74, 6) is 0.535. The fourth-order valence-corrected chi connectivity index (χ4v) is 4.63. The fraction of sp³-hybridized carbons (Fsp3) is 0. The molecule has 0 spiro atoms. The van der Waals surface area contributed by atoms with Crippen molar-refractivity contribution in [3.05, 3.63) is 97.1 Å². The van der Waals surface area contributed by atoms with Gasteiger partial charge in [-0.1, -0.05) is 91.0 Å². The van der Waals surface area contributed by atoms with Gasteiger partial charge >= 0.3 is 0 Å². The number of aromatic nitrogens is 4. The molecule has 32 heavy (non-hydrogen) atoms. The molecular formula is C28H16N4. The van der Waals surface area contributed by atoms with E-state index in [1.807, 2.05) is 30.3 Å². The predicted octanol–water partition coefficient (Wildman–Crippen LogP) is 6.70. The molecule has 0 atom stereocenters. The van der Waals surface area contributed by atoms with Crippen LogP contribution in [-0.4, -0.2) is 20.2 Å². The maximum atomic E-state index is 4.97. The van der Waals surface area contributed by atoms with E-state index in [2.05, 4.69) is 76.9 Å². The summed E-state index contributed by atoms with van der Waals surface area (Å²) >= 11 is 0. The lowest BCUT2D eigenvalue weighted by Crippen LogP contribution is -1.98. The van der Waals surface area contributed by atoms with Crippen LogP contribution in [0.4, 0.5) is 0 Å². The van der Waals surface area contributed by atoms with E-state index < -0.39 is 0 Å². The van der Waals surface area contributed by atoms with Crippen LogP contribution in [0.15, 0.2) is 97.1 Å². The molecule has 7 aromatic rings. The van der Waals surface area contributed by atoms with Crippen LogP contribution in [0.3, 0.4) is 0 Å². The summed E-state index contributed by atoms with van der Waals surface area (Å²) in [5.41, 5.74) is 3.34. The minimum Gasteiger partial charge on any atom is -0.244 e. The van der Waals surface area contributed by atoms with Crippen molar-refractivity contribution in [2.75, 3.05) is 0 Å². The van der Waals surface area contributed by atoms with Crippen molar-refractivity contribution < 1.29 is 0 Å². The second kappa shape index (κ2) is 6.53. The van der Waals surface area contributed by atoms with Gasteiger partial charge in [0.2, 0.25) is 5.82 Å². The Kier molecular flexibility index (Phi) is 3.52. The summed E-state index contributed by atoms with van der Waals surface area (Å²) in [6.07, 6.45) is 0. The van der Waals surface area contributed by atoms with Crippen molar-refractivity contribution in [1.29, 1.82) is 0 Å². The van der Waals surface area contributed by atoms with Crippen LogP contribution in [0.25, 0.3) is 65.8 Å². The molecule has 0 N–H and O–H groups in total. The Balaban J connectivity index is 1.54. The van der Waals surface area contributed by atoms with E-state index in [0.717, 1.165) is 49.2 Å². The van der Waals surface area contributed by atoms with Crippen molar-refractivity contribution in [1.82, 2.24) is 20.2 Å². The Morgan fingerprint density at radius 3 is 1.75 bits per heavy atom. The molecule has 0 aliphatic carbocycles. The number of nitrogens with zero attached hydrogens (tertiary/aromatic N) is 4. The fourth-order valence-electron chi connectivity index (χ4n) is 4.63. The number of pyridine rings is 1. The highest BCUT2D eigenvalue weighted by molar-refractivity contribution is 6.23. The Bertz CT molecular complexity index is 1800. The molecule has 0 fully saturated rings. The van der Waals surface area contributed by atoms with E-state index in [1.54, 1.807) is 0 Å². The molecule has 7 rings (SSSR count). The Morgan fingerprint density at radius 2 is 0.969 bits per heavy atom. The molecule has 0 bridgehead atoms. The van der Waals surface area contributed by atoms with Gasteiger partial charge in [-0.15, -0.1) is 10.2 Å². The molecule has 4 heteroatoms. The maximum absolute atomic E-state index is 4.97. The van der Waals surface area contributed by atoms with Crippen LogP contribution in [0.5, 0.6) is 0 Å². The van der Waals surface area contributed by atoms with Crippen LogP contribution < -0.4 is 0 Å². The number of rotatable bonds is 1. The van der Waals surface area contributed by atoms with Gasteiger partial charge in [-0.25, -0.2) is 9.97 Å². The average molecular weight is 408 g/mol. The molecule has 5 aromatic carbocycles. The third-order valence-electron chi connectivity index (χ3n) is 6.16. The molecule has 2 aromatic heterocycles. The van der Waals surface area contributed by atoms with Crippen LogP contribution >= 0.6 is 0 Å². The number of hydrogen-bond donors (Lipinski definition) is 0. The first-order valence-electron chi connectivity index (χ1n) is 10.6. The van der Waals surface area contributed by atoms with Gasteiger partial charge in [0, 0.05) is 21.5 Å². The summed E-state index contributed by atoms with van der Waals surface area (Å²) in [4.78, 5) is 9.93. The third kappa shape index (κ3) is 2.44. The normalized spacial score (nSPS) is 11.8. The predicted molar refractivity (Wildman–Crippen MR) is 131 cm³/mol. The molecule has 4 nitrogen and oxygen atoms in total. The molecule has 0 aliphatic heterocycles. The highest BCUT2D eigenvalue weighted by atomic mass is 15.2. The molecule has 0 saturated heterocycles. The zero-order chi connectivity index (χ0) is 21.1. The van der Waals surface area contributed by atoms with Crippen LogP contribution in [0.1, 0.15) is 0 Å². The van der Waals surface area contributed by atoms with Crippen LogP contribution in [0.2, 0.25) is 0 Å². The molecule has 0 radical (unpaired) electrons. The highest BCUT2D eigenvalue weighted by Crippen LogP contribution is 2.33. The van der Waals surface area contributed by atoms with Crippen LogP contribution in [0, 0.1) is 0 Å². The first-order chi connectivity index (χ1) is 15.9. The van der Waals surface area contributed by atoms with Gasteiger partial charge in [-0.2, -0.15) is 0 Å². The zero-order valence-electron chi connectivity index (χ0n) is 17.0. The Hall–Kier alpha value is -4.44. The molecule has 148 valence electrons. The van der Waals surface area contributed by atoms with Crippen molar-refractivity contribution in [2.24, 2.45) is 0 Å².